The summed E-state index contributed by atoms with van der Waals surface area (Å²) in [5.74, 6) is -0.356. The molecule has 0 aliphatic rings. The van der Waals surface area contributed by atoms with Crippen LogP contribution in [0.25, 0.3) is 11.2 Å². The highest BCUT2D eigenvalue weighted by molar-refractivity contribution is 7.99. The van der Waals surface area contributed by atoms with Gasteiger partial charge >= 0.3 is 5.97 Å². The number of carbonyl (C=O) groups is 1. The first kappa shape index (κ1) is 16.0. The maximum Gasteiger partial charge on any atom is 0.313 e. The molecular formula is C13H17N3O3S2. The van der Waals surface area contributed by atoms with Crippen molar-refractivity contribution < 1.29 is 14.6 Å². The molecular weight excluding hydrogens is 310 g/mol. The predicted octanol–water partition coefficient (Wildman–Crippen LogP) is 2.37. The summed E-state index contributed by atoms with van der Waals surface area (Å²) in [5.41, 5.74) is 1.47. The van der Waals surface area contributed by atoms with Gasteiger partial charge in [-0.1, -0.05) is 18.7 Å². The number of thioether (sulfide) groups is 2. The monoisotopic (exact) mass is 327 g/mol. The molecule has 2 aromatic rings. The number of hydrogen-bond acceptors (Lipinski definition) is 6. The van der Waals surface area contributed by atoms with E-state index in [9.17, 15) is 4.79 Å². The van der Waals surface area contributed by atoms with Gasteiger partial charge in [0.15, 0.2) is 10.8 Å². The minimum atomic E-state index is -0.859. The second-order valence-corrected chi connectivity index (χ2v) is 6.65. The van der Waals surface area contributed by atoms with Crippen LogP contribution in [0.3, 0.4) is 0 Å². The highest BCUT2D eigenvalue weighted by Crippen LogP contribution is 2.26. The number of fused-ring (bicyclic) bond motifs is 1. The smallest absolute Gasteiger partial charge is 0.313 e. The highest BCUT2D eigenvalue weighted by Gasteiger charge is 2.16. The van der Waals surface area contributed by atoms with E-state index in [0.29, 0.717) is 16.3 Å². The zero-order valence-corrected chi connectivity index (χ0v) is 13.7. The van der Waals surface area contributed by atoms with Crippen LogP contribution in [0, 0.1) is 0 Å². The number of hydrogen-bond donors (Lipinski definition) is 1. The van der Waals surface area contributed by atoms with Gasteiger partial charge in [0, 0.05) is 17.9 Å². The Morgan fingerprint density at radius 3 is 2.86 bits per heavy atom. The topological polar surface area (TPSA) is 77.2 Å². The minimum Gasteiger partial charge on any atom is -0.481 e. The Hall–Kier alpha value is -1.41. The van der Waals surface area contributed by atoms with Gasteiger partial charge in [0.25, 0.3) is 0 Å². The SMILES string of the molecule is COc1ccc2nc(SCC(=O)O)n(CC(C)SC)c2n1. The molecule has 0 bridgehead atoms. The normalized spacial score (nSPS) is 12.5. The number of methoxy groups -OCH3 is 1. The molecule has 0 amide bonds. The molecule has 114 valence electrons. The third kappa shape index (κ3) is 3.82. The molecule has 8 heteroatoms. The molecule has 1 N–H and O–H groups in total. The molecule has 0 aromatic carbocycles. The minimum absolute atomic E-state index is 0.0197. The third-order valence-corrected chi connectivity index (χ3v) is 4.82. The van der Waals surface area contributed by atoms with Gasteiger partial charge in [-0.05, 0) is 12.3 Å². The molecule has 21 heavy (non-hydrogen) atoms. The molecule has 1 unspecified atom stereocenters. The van der Waals surface area contributed by atoms with Crippen LogP contribution in [0.5, 0.6) is 5.88 Å². The fourth-order valence-corrected chi connectivity index (χ4v) is 2.84. The summed E-state index contributed by atoms with van der Waals surface area (Å²) >= 11 is 2.95. The van der Waals surface area contributed by atoms with Crippen LogP contribution in [0.15, 0.2) is 17.3 Å². The van der Waals surface area contributed by atoms with Gasteiger partial charge in [-0.15, -0.1) is 0 Å². The number of aromatic nitrogens is 3. The number of carboxylic acids is 1. The zero-order valence-electron chi connectivity index (χ0n) is 12.1. The number of carboxylic acid groups (broad SMARTS) is 1. The van der Waals surface area contributed by atoms with E-state index in [0.717, 1.165) is 17.7 Å². The maximum absolute atomic E-state index is 10.8. The van der Waals surface area contributed by atoms with E-state index in [1.807, 2.05) is 16.9 Å². The fourth-order valence-electron chi connectivity index (χ4n) is 1.81. The Morgan fingerprint density at radius 1 is 1.48 bits per heavy atom. The molecule has 0 radical (unpaired) electrons. The average molecular weight is 327 g/mol. The Labute approximate surface area is 131 Å². The molecule has 6 nitrogen and oxygen atoms in total. The molecule has 2 aromatic heterocycles. The van der Waals surface area contributed by atoms with Crippen molar-refractivity contribution in [2.24, 2.45) is 0 Å². The van der Waals surface area contributed by atoms with Crippen molar-refractivity contribution in [2.45, 2.75) is 23.9 Å². The van der Waals surface area contributed by atoms with Crippen molar-refractivity contribution in [3.8, 4) is 5.88 Å². The lowest BCUT2D eigenvalue weighted by Gasteiger charge is -2.12. The summed E-state index contributed by atoms with van der Waals surface area (Å²) in [6.07, 6.45) is 2.04. The molecule has 0 aliphatic heterocycles. The molecule has 0 saturated heterocycles. The number of nitrogens with zero attached hydrogens (tertiary/aromatic N) is 3. The summed E-state index contributed by atoms with van der Waals surface area (Å²) in [5, 5.41) is 9.90. The van der Waals surface area contributed by atoms with Crippen LogP contribution in [0.1, 0.15) is 6.92 Å². The molecule has 0 spiro atoms. The van der Waals surface area contributed by atoms with Gasteiger partial charge in [0.05, 0.1) is 12.9 Å². The lowest BCUT2D eigenvalue weighted by atomic mass is 10.4. The van der Waals surface area contributed by atoms with Crippen LogP contribution in [-0.4, -0.2) is 50.0 Å². The van der Waals surface area contributed by atoms with Crippen LogP contribution < -0.4 is 4.74 Å². The van der Waals surface area contributed by atoms with Crippen molar-refractivity contribution in [1.82, 2.24) is 14.5 Å². The van der Waals surface area contributed by atoms with Crippen molar-refractivity contribution >= 4 is 40.7 Å². The molecule has 0 saturated carbocycles. The first-order valence-corrected chi connectivity index (χ1v) is 8.61. The zero-order chi connectivity index (χ0) is 15.4. The summed E-state index contributed by atoms with van der Waals surface area (Å²) in [7, 11) is 1.57. The van der Waals surface area contributed by atoms with E-state index >= 15 is 0 Å². The van der Waals surface area contributed by atoms with Crippen molar-refractivity contribution in [2.75, 3.05) is 19.1 Å². The fraction of sp³-hybridized carbons (Fsp3) is 0.462. The summed E-state index contributed by atoms with van der Waals surface area (Å²) in [6.45, 7) is 2.84. The summed E-state index contributed by atoms with van der Waals surface area (Å²) in [4.78, 5) is 19.7. The van der Waals surface area contributed by atoms with Gasteiger partial charge in [-0.25, -0.2) is 4.98 Å². The van der Waals surface area contributed by atoms with Gasteiger partial charge in [-0.3, -0.25) is 4.79 Å². The second kappa shape index (κ2) is 7.04. The van der Waals surface area contributed by atoms with Gasteiger partial charge in [-0.2, -0.15) is 16.7 Å². The van der Waals surface area contributed by atoms with E-state index in [2.05, 4.69) is 16.9 Å². The first-order valence-electron chi connectivity index (χ1n) is 6.33. The van der Waals surface area contributed by atoms with E-state index in [1.54, 1.807) is 24.9 Å². The first-order chi connectivity index (χ1) is 10.0. The van der Waals surface area contributed by atoms with E-state index in [-0.39, 0.29) is 5.75 Å². The molecule has 1 atom stereocenters. The Morgan fingerprint density at radius 2 is 2.24 bits per heavy atom. The van der Waals surface area contributed by atoms with Crippen molar-refractivity contribution in [3.05, 3.63) is 12.1 Å². The van der Waals surface area contributed by atoms with Crippen LogP contribution >= 0.6 is 23.5 Å². The number of imidazole rings is 1. The molecule has 2 rings (SSSR count). The van der Waals surface area contributed by atoms with E-state index < -0.39 is 5.97 Å². The van der Waals surface area contributed by atoms with E-state index in [4.69, 9.17) is 9.84 Å². The van der Waals surface area contributed by atoms with Crippen LogP contribution in [0.2, 0.25) is 0 Å². The Balaban J connectivity index is 2.44. The Bertz CT molecular complexity index is 645. The summed E-state index contributed by atoms with van der Waals surface area (Å²) < 4.78 is 7.12. The van der Waals surface area contributed by atoms with Crippen LogP contribution in [0.4, 0.5) is 0 Å². The molecule has 2 heterocycles. The largest absolute Gasteiger partial charge is 0.481 e. The van der Waals surface area contributed by atoms with Gasteiger partial charge in [0.1, 0.15) is 5.52 Å². The molecule has 0 aliphatic carbocycles. The highest BCUT2D eigenvalue weighted by atomic mass is 32.2. The van der Waals surface area contributed by atoms with Crippen LogP contribution in [-0.2, 0) is 11.3 Å². The lowest BCUT2D eigenvalue weighted by Crippen LogP contribution is -2.11. The van der Waals surface area contributed by atoms with Crippen molar-refractivity contribution in [1.29, 1.82) is 0 Å². The van der Waals surface area contributed by atoms with Crippen molar-refractivity contribution in [3.63, 3.8) is 0 Å². The number of rotatable bonds is 7. The Kier molecular flexibility index (Phi) is 5.35. The number of aliphatic carboxylic acids is 1. The van der Waals surface area contributed by atoms with E-state index in [1.165, 1.54) is 11.8 Å². The number of ether oxygens (including phenoxy) is 1. The third-order valence-electron chi connectivity index (χ3n) is 2.91. The number of pyridine rings is 1. The lowest BCUT2D eigenvalue weighted by molar-refractivity contribution is -0.133. The van der Waals surface area contributed by atoms with Gasteiger partial charge < -0.3 is 14.4 Å². The quantitative estimate of drug-likeness (QED) is 0.782. The summed E-state index contributed by atoms with van der Waals surface area (Å²) in [6, 6.07) is 3.59. The standard InChI is InChI=1S/C13H17N3O3S2/c1-8(20-3)6-16-12-9(4-5-10(15-12)19-2)14-13(16)21-7-11(17)18/h4-5,8H,6-7H2,1-3H3,(H,17,18). The average Bonchev–Trinajstić information content (AvgIpc) is 2.82. The maximum atomic E-state index is 10.8. The second-order valence-electron chi connectivity index (χ2n) is 4.43. The molecule has 0 fully saturated rings. The predicted molar refractivity (Wildman–Crippen MR) is 85.4 cm³/mol. The van der Waals surface area contributed by atoms with Gasteiger partial charge in [0.2, 0.25) is 5.88 Å².